The summed E-state index contributed by atoms with van der Waals surface area (Å²) in [6, 6.07) is 7.48. The summed E-state index contributed by atoms with van der Waals surface area (Å²) >= 11 is 1.34. The standard InChI is InChI=1S/C23H22FN7OS/c24-21-17-6-2-13(27-17)8-19(21)31(15-3-4-15)23-26-10-18(29-30-23)16-5-1-12(7-20(16)32)22-28-14(9-25)11-33-22/h1,5,7,10-11,13,15,17,19,21,27,32H,2-4,6,8H2/t13-,17-,19+,21-/m0/s1. The number of aromatic nitrogens is 4. The summed E-state index contributed by atoms with van der Waals surface area (Å²) in [7, 11) is 0. The van der Waals surface area contributed by atoms with E-state index >= 15 is 4.39 Å². The second-order valence-corrected chi connectivity index (χ2v) is 9.82. The summed E-state index contributed by atoms with van der Waals surface area (Å²) in [5, 5.41) is 34.0. The first-order valence-corrected chi connectivity index (χ1v) is 12.1. The number of hydrogen-bond acceptors (Lipinski definition) is 9. The molecule has 2 bridgehead atoms. The van der Waals surface area contributed by atoms with E-state index in [2.05, 4.69) is 25.5 Å². The zero-order chi connectivity index (χ0) is 22.5. The molecule has 0 radical (unpaired) electrons. The number of nitrogens with zero attached hydrogens (tertiary/aromatic N) is 6. The number of aromatic hydroxyl groups is 1. The third-order valence-electron chi connectivity index (χ3n) is 6.77. The number of nitriles is 1. The van der Waals surface area contributed by atoms with Gasteiger partial charge in [-0.25, -0.2) is 14.4 Å². The number of thiazole rings is 1. The highest BCUT2D eigenvalue weighted by atomic mass is 32.1. The van der Waals surface area contributed by atoms with Gasteiger partial charge in [-0.2, -0.15) is 5.26 Å². The third-order valence-corrected chi connectivity index (χ3v) is 7.66. The van der Waals surface area contributed by atoms with Gasteiger partial charge in [-0.05, 0) is 44.2 Å². The summed E-state index contributed by atoms with van der Waals surface area (Å²) < 4.78 is 15.2. The topological polar surface area (TPSA) is 111 Å². The van der Waals surface area contributed by atoms with Gasteiger partial charge < -0.3 is 15.3 Å². The average Bonchev–Trinajstić information content (AvgIpc) is 3.39. The van der Waals surface area contributed by atoms with E-state index in [1.807, 2.05) is 17.0 Å². The molecule has 3 aromatic rings. The number of nitrogens with one attached hydrogen (secondary N) is 1. The first kappa shape index (κ1) is 20.4. The van der Waals surface area contributed by atoms with Gasteiger partial charge in [-0.1, -0.05) is 6.07 Å². The van der Waals surface area contributed by atoms with E-state index in [4.69, 9.17) is 5.26 Å². The average molecular weight is 464 g/mol. The van der Waals surface area contributed by atoms with Gasteiger partial charge in [0.1, 0.15) is 28.7 Å². The number of phenolic OH excluding ortho intramolecular Hbond substituents is 1. The lowest BCUT2D eigenvalue weighted by Crippen LogP contribution is -2.57. The highest BCUT2D eigenvalue weighted by Crippen LogP contribution is 2.40. The molecule has 1 saturated carbocycles. The molecule has 2 N–H and O–H groups in total. The van der Waals surface area contributed by atoms with E-state index in [0.717, 1.165) is 37.7 Å². The number of hydrogen-bond donors (Lipinski definition) is 2. The number of phenols is 1. The fraction of sp³-hybridized carbons (Fsp3) is 0.435. The Kier molecular flexibility index (Phi) is 4.96. The van der Waals surface area contributed by atoms with Crippen molar-refractivity contribution in [3.63, 3.8) is 0 Å². The lowest BCUT2D eigenvalue weighted by atomic mass is 9.96. The molecular formula is C23H22FN7OS. The van der Waals surface area contributed by atoms with Crippen LogP contribution in [0.25, 0.3) is 21.8 Å². The fourth-order valence-electron chi connectivity index (χ4n) is 5.03. The SMILES string of the molecule is N#Cc1csc(-c2ccc(-c3cnc(N(C4CC4)[C@@H]4C[C@@H]5CC[C@H](N5)[C@@H]4F)nn3)c(O)c2)n1. The largest absolute Gasteiger partial charge is 0.507 e. The van der Waals surface area contributed by atoms with Crippen molar-refractivity contribution in [1.82, 2.24) is 25.5 Å². The summed E-state index contributed by atoms with van der Waals surface area (Å²) in [6.45, 7) is 0. The normalized spacial score (nSPS) is 26.2. The van der Waals surface area contributed by atoms with Crippen LogP contribution >= 0.6 is 11.3 Å². The van der Waals surface area contributed by atoms with Crippen molar-refractivity contribution in [2.24, 2.45) is 0 Å². The van der Waals surface area contributed by atoms with Crippen LogP contribution in [0.5, 0.6) is 5.75 Å². The molecule has 168 valence electrons. The maximum atomic E-state index is 15.2. The van der Waals surface area contributed by atoms with E-state index in [0.29, 0.717) is 33.9 Å². The molecule has 2 aromatic heterocycles. The van der Waals surface area contributed by atoms with Crippen LogP contribution in [-0.2, 0) is 0 Å². The van der Waals surface area contributed by atoms with Gasteiger partial charge in [0.2, 0.25) is 5.95 Å². The Morgan fingerprint density at radius 3 is 2.79 bits per heavy atom. The highest BCUT2D eigenvalue weighted by Gasteiger charge is 2.48. The predicted octanol–water partition coefficient (Wildman–Crippen LogP) is 3.44. The van der Waals surface area contributed by atoms with E-state index < -0.39 is 6.17 Å². The molecule has 6 rings (SSSR count). The fourth-order valence-corrected chi connectivity index (χ4v) is 5.77. The molecule has 33 heavy (non-hydrogen) atoms. The van der Waals surface area contributed by atoms with Crippen molar-refractivity contribution < 1.29 is 9.50 Å². The Hall–Kier alpha value is -3.16. The molecule has 8 nitrogen and oxygen atoms in total. The van der Waals surface area contributed by atoms with Crippen LogP contribution in [0, 0.1) is 11.3 Å². The number of alkyl halides is 1. The van der Waals surface area contributed by atoms with Crippen molar-refractivity contribution in [2.45, 2.75) is 62.4 Å². The number of piperidine rings is 1. The smallest absolute Gasteiger partial charge is 0.245 e. The quantitative estimate of drug-likeness (QED) is 0.592. The minimum atomic E-state index is -0.948. The first-order valence-electron chi connectivity index (χ1n) is 11.2. The molecule has 1 aliphatic carbocycles. The molecule has 10 heteroatoms. The third kappa shape index (κ3) is 3.71. The van der Waals surface area contributed by atoms with E-state index in [-0.39, 0.29) is 23.9 Å². The minimum absolute atomic E-state index is 0.0304. The van der Waals surface area contributed by atoms with Gasteiger partial charge in [-0.15, -0.1) is 21.5 Å². The van der Waals surface area contributed by atoms with Crippen molar-refractivity contribution >= 4 is 17.3 Å². The van der Waals surface area contributed by atoms with Crippen LogP contribution in [0.1, 0.15) is 37.8 Å². The second-order valence-electron chi connectivity index (χ2n) is 8.96. The summed E-state index contributed by atoms with van der Waals surface area (Å²) in [5.74, 6) is 0.487. The van der Waals surface area contributed by atoms with Crippen LogP contribution in [0.15, 0.2) is 29.8 Å². The van der Waals surface area contributed by atoms with Gasteiger partial charge in [0.15, 0.2) is 5.69 Å². The molecule has 0 unspecified atom stereocenters. The molecule has 2 saturated heterocycles. The Balaban J connectivity index is 1.26. The number of halogens is 1. The summed E-state index contributed by atoms with van der Waals surface area (Å²) in [6.07, 6.45) is 5.33. The zero-order valence-corrected chi connectivity index (χ0v) is 18.5. The van der Waals surface area contributed by atoms with Gasteiger partial charge in [0.05, 0.1) is 12.2 Å². The Morgan fingerprint density at radius 2 is 2.09 bits per heavy atom. The maximum absolute atomic E-state index is 15.2. The molecule has 3 fully saturated rings. The van der Waals surface area contributed by atoms with Gasteiger partial charge in [0, 0.05) is 34.6 Å². The minimum Gasteiger partial charge on any atom is -0.507 e. The summed E-state index contributed by atoms with van der Waals surface area (Å²) in [5.41, 5.74) is 2.01. The van der Waals surface area contributed by atoms with E-state index in [1.165, 1.54) is 11.3 Å². The van der Waals surface area contributed by atoms with Crippen molar-refractivity contribution in [2.75, 3.05) is 4.90 Å². The van der Waals surface area contributed by atoms with Crippen LogP contribution in [-0.4, -0.2) is 55.6 Å². The van der Waals surface area contributed by atoms with Crippen molar-refractivity contribution in [1.29, 1.82) is 5.26 Å². The molecule has 0 spiro atoms. The van der Waals surface area contributed by atoms with Crippen LogP contribution in [0.2, 0.25) is 0 Å². The Labute approximate surface area is 194 Å². The molecule has 4 heterocycles. The summed E-state index contributed by atoms with van der Waals surface area (Å²) in [4.78, 5) is 10.8. The zero-order valence-electron chi connectivity index (χ0n) is 17.7. The first-order chi connectivity index (χ1) is 16.1. The molecule has 1 aromatic carbocycles. The maximum Gasteiger partial charge on any atom is 0.245 e. The molecule has 2 aliphatic heterocycles. The van der Waals surface area contributed by atoms with Gasteiger partial charge >= 0.3 is 0 Å². The van der Waals surface area contributed by atoms with E-state index in [9.17, 15) is 5.11 Å². The van der Waals surface area contributed by atoms with Crippen LogP contribution in [0.3, 0.4) is 0 Å². The van der Waals surface area contributed by atoms with Gasteiger partial charge in [-0.3, -0.25) is 0 Å². The Bertz CT molecular complexity index is 1220. The number of fused-ring (bicyclic) bond motifs is 2. The van der Waals surface area contributed by atoms with E-state index in [1.54, 1.807) is 23.7 Å². The molecule has 3 aliphatic rings. The van der Waals surface area contributed by atoms with Crippen molar-refractivity contribution in [3.8, 4) is 33.6 Å². The second kappa shape index (κ2) is 8.01. The number of anilines is 1. The highest BCUT2D eigenvalue weighted by molar-refractivity contribution is 7.13. The molecule has 0 amide bonds. The number of benzene rings is 1. The lowest BCUT2D eigenvalue weighted by molar-refractivity contribution is 0.171. The lowest BCUT2D eigenvalue weighted by Gasteiger charge is -2.40. The van der Waals surface area contributed by atoms with Crippen molar-refractivity contribution in [3.05, 3.63) is 35.5 Å². The predicted molar refractivity (Wildman–Crippen MR) is 121 cm³/mol. The van der Waals surface area contributed by atoms with Crippen LogP contribution in [0.4, 0.5) is 10.3 Å². The molecular weight excluding hydrogens is 441 g/mol. The van der Waals surface area contributed by atoms with Gasteiger partial charge in [0.25, 0.3) is 0 Å². The molecule has 4 atom stereocenters. The Morgan fingerprint density at radius 1 is 1.21 bits per heavy atom. The van der Waals surface area contributed by atoms with Crippen LogP contribution < -0.4 is 10.2 Å². The monoisotopic (exact) mass is 463 g/mol. The number of rotatable bonds is 5.